The van der Waals surface area contributed by atoms with Crippen molar-refractivity contribution < 1.29 is 14.3 Å². The number of carbonyl (C=O) groups is 1. The van der Waals surface area contributed by atoms with Crippen LogP contribution in [0.4, 0.5) is 0 Å². The van der Waals surface area contributed by atoms with Gasteiger partial charge >= 0.3 is 0 Å². The summed E-state index contributed by atoms with van der Waals surface area (Å²) in [6, 6.07) is 0.531. The third-order valence-corrected chi connectivity index (χ3v) is 5.97. The van der Waals surface area contributed by atoms with Crippen molar-refractivity contribution in [2.45, 2.75) is 37.5 Å². The molecule has 0 aromatic heterocycles. The van der Waals surface area contributed by atoms with Crippen LogP contribution in [-0.4, -0.2) is 73.9 Å². The van der Waals surface area contributed by atoms with Gasteiger partial charge in [-0.2, -0.15) is 11.8 Å². The molecule has 3 aliphatic heterocycles. The highest BCUT2D eigenvalue weighted by molar-refractivity contribution is 7.99. The van der Waals surface area contributed by atoms with E-state index in [2.05, 4.69) is 10.2 Å². The summed E-state index contributed by atoms with van der Waals surface area (Å²) in [5, 5.41) is 3.23. The molecule has 0 saturated carbocycles. The fraction of sp³-hybridized carbons (Fsp3) is 0.933. The monoisotopic (exact) mass is 314 g/mol. The van der Waals surface area contributed by atoms with E-state index in [1.165, 1.54) is 0 Å². The summed E-state index contributed by atoms with van der Waals surface area (Å²) in [6.07, 6.45) is 3.55. The summed E-state index contributed by atoms with van der Waals surface area (Å²) >= 11 is 1.95. The number of carbonyl (C=O) groups excluding carboxylic acids is 1. The minimum Gasteiger partial charge on any atom is -0.379 e. The molecule has 4 atom stereocenters. The molecule has 3 heterocycles. The molecule has 5 nitrogen and oxygen atoms in total. The second-order valence-electron chi connectivity index (χ2n) is 6.18. The standard InChI is InChI=1S/C15H26N2O3S/c1-16-14-9-19-8-13(14)15(18)17(11-4-6-21-10-11)7-12-3-2-5-20-12/h11-14,16H,2-10H2,1H3. The van der Waals surface area contributed by atoms with Gasteiger partial charge in [-0.3, -0.25) is 4.79 Å². The predicted molar refractivity (Wildman–Crippen MR) is 83.6 cm³/mol. The van der Waals surface area contributed by atoms with Gasteiger partial charge in [-0.05, 0) is 32.1 Å². The average molecular weight is 314 g/mol. The quantitative estimate of drug-likeness (QED) is 0.811. The van der Waals surface area contributed by atoms with Gasteiger partial charge in [0.05, 0.1) is 25.2 Å². The first-order valence-corrected chi connectivity index (χ1v) is 9.20. The lowest BCUT2D eigenvalue weighted by Crippen LogP contribution is -2.51. The van der Waals surface area contributed by atoms with Crippen LogP contribution in [0.5, 0.6) is 0 Å². The van der Waals surface area contributed by atoms with Crippen LogP contribution >= 0.6 is 11.8 Å². The van der Waals surface area contributed by atoms with Crippen molar-refractivity contribution in [1.82, 2.24) is 10.2 Å². The summed E-state index contributed by atoms with van der Waals surface area (Å²) in [6.45, 7) is 2.79. The molecule has 3 rings (SSSR count). The molecule has 0 aromatic rings. The Hall–Kier alpha value is -0.300. The van der Waals surface area contributed by atoms with Crippen LogP contribution in [0, 0.1) is 5.92 Å². The maximum Gasteiger partial charge on any atom is 0.230 e. The van der Waals surface area contributed by atoms with Crippen LogP contribution in [0.15, 0.2) is 0 Å². The van der Waals surface area contributed by atoms with E-state index in [-0.39, 0.29) is 24.0 Å². The highest BCUT2D eigenvalue weighted by Gasteiger charge is 2.39. The van der Waals surface area contributed by atoms with Gasteiger partial charge in [-0.1, -0.05) is 0 Å². The zero-order valence-corrected chi connectivity index (χ0v) is 13.6. The van der Waals surface area contributed by atoms with Gasteiger partial charge in [-0.25, -0.2) is 0 Å². The first-order valence-electron chi connectivity index (χ1n) is 8.04. The Morgan fingerprint density at radius 3 is 2.95 bits per heavy atom. The first-order chi connectivity index (χ1) is 10.3. The summed E-state index contributed by atoms with van der Waals surface area (Å²) in [5.41, 5.74) is 0. The topological polar surface area (TPSA) is 50.8 Å². The molecule has 3 saturated heterocycles. The smallest absolute Gasteiger partial charge is 0.230 e. The lowest BCUT2D eigenvalue weighted by Gasteiger charge is -2.33. The minimum absolute atomic E-state index is 0.0398. The molecule has 6 heteroatoms. The van der Waals surface area contributed by atoms with E-state index in [9.17, 15) is 4.79 Å². The number of hydrogen-bond donors (Lipinski definition) is 1. The van der Waals surface area contributed by atoms with Crippen LogP contribution in [0.3, 0.4) is 0 Å². The number of hydrogen-bond acceptors (Lipinski definition) is 5. The van der Waals surface area contributed by atoms with E-state index in [1.54, 1.807) is 0 Å². The Kier molecular flexibility index (Phi) is 5.43. The molecule has 0 aromatic carbocycles. The van der Waals surface area contributed by atoms with Crippen molar-refractivity contribution in [2.24, 2.45) is 5.92 Å². The van der Waals surface area contributed by atoms with E-state index >= 15 is 0 Å². The van der Waals surface area contributed by atoms with Crippen LogP contribution in [0.2, 0.25) is 0 Å². The van der Waals surface area contributed by atoms with Crippen LogP contribution < -0.4 is 5.32 Å². The van der Waals surface area contributed by atoms with Gasteiger partial charge < -0.3 is 19.7 Å². The van der Waals surface area contributed by atoms with Crippen molar-refractivity contribution in [2.75, 3.05) is 44.9 Å². The van der Waals surface area contributed by atoms with Gasteiger partial charge in [0, 0.05) is 31.0 Å². The minimum atomic E-state index is -0.0398. The van der Waals surface area contributed by atoms with Crippen molar-refractivity contribution in [3.8, 4) is 0 Å². The third-order valence-electron chi connectivity index (χ3n) is 4.82. The average Bonchev–Trinajstić information content (AvgIpc) is 3.25. The maximum absolute atomic E-state index is 13.0. The van der Waals surface area contributed by atoms with Crippen LogP contribution in [0.25, 0.3) is 0 Å². The number of amides is 1. The molecule has 21 heavy (non-hydrogen) atoms. The Morgan fingerprint density at radius 1 is 1.38 bits per heavy atom. The molecule has 120 valence electrons. The fourth-order valence-corrected chi connectivity index (χ4v) is 4.71. The van der Waals surface area contributed by atoms with Gasteiger partial charge in [0.1, 0.15) is 0 Å². The maximum atomic E-state index is 13.0. The summed E-state index contributed by atoms with van der Waals surface area (Å²) < 4.78 is 11.3. The largest absolute Gasteiger partial charge is 0.379 e. The Balaban J connectivity index is 1.68. The second-order valence-corrected chi connectivity index (χ2v) is 7.33. The number of rotatable bonds is 5. The Labute approximate surface area is 131 Å². The zero-order chi connectivity index (χ0) is 14.7. The van der Waals surface area contributed by atoms with Crippen molar-refractivity contribution in [3.63, 3.8) is 0 Å². The van der Waals surface area contributed by atoms with E-state index in [0.717, 1.165) is 43.9 Å². The Morgan fingerprint density at radius 2 is 2.29 bits per heavy atom. The molecule has 3 aliphatic rings. The lowest BCUT2D eigenvalue weighted by molar-refractivity contribution is -0.139. The highest BCUT2D eigenvalue weighted by atomic mass is 32.2. The highest BCUT2D eigenvalue weighted by Crippen LogP contribution is 2.27. The number of likely N-dealkylation sites (N-methyl/N-ethyl adjacent to an activating group) is 1. The van der Waals surface area contributed by atoms with E-state index < -0.39 is 0 Å². The van der Waals surface area contributed by atoms with E-state index in [1.807, 2.05) is 18.8 Å². The third kappa shape index (κ3) is 3.55. The van der Waals surface area contributed by atoms with E-state index in [0.29, 0.717) is 19.3 Å². The molecule has 0 bridgehead atoms. The summed E-state index contributed by atoms with van der Waals surface area (Å²) in [5.74, 6) is 2.45. The molecule has 0 spiro atoms. The summed E-state index contributed by atoms with van der Waals surface area (Å²) in [7, 11) is 1.91. The van der Waals surface area contributed by atoms with Crippen molar-refractivity contribution in [3.05, 3.63) is 0 Å². The number of nitrogens with one attached hydrogen (secondary N) is 1. The van der Waals surface area contributed by atoms with Crippen molar-refractivity contribution in [1.29, 1.82) is 0 Å². The molecular weight excluding hydrogens is 288 g/mol. The fourth-order valence-electron chi connectivity index (χ4n) is 3.49. The molecule has 1 amide bonds. The predicted octanol–water partition coefficient (Wildman–Crippen LogP) is 0.734. The van der Waals surface area contributed by atoms with Gasteiger partial charge in [0.25, 0.3) is 0 Å². The number of nitrogens with zero attached hydrogens (tertiary/aromatic N) is 1. The number of ether oxygens (including phenoxy) is 2. The molecule has 3 fully saturated rings. The van der Waals surface area contributed by atoms with Gasteiger partial charge in [0.15, 0.2) is 0 Å². The molecule has 4 unspecified atom stereocenters. The van der Waals surface area contributed by atoms with Gasteiger partial charge in [0.2, 0.25) is 5.91 Å². The van der Waals surface area contributed by atoms with Crippen LogP contribution in [-0.2, 0) is 14.3 Å². The zero-order valence-electron chi connectivity index (χ0n) is 12.8. The number of thioether (sulfide) groups is 1. The SMILES string of the molecule is CNC1COCC1C(=O)N(CC1CCCO1)C1CCSC1. The van der Waals surface area contributed by atoms with Crippen molar-refractivity contribution >= 4 is 17.7 Å². The van der Waals surface area contributed by atoms with Gasteiger partial charge in [-0.15, -0.1) is 0 Å². The Bertz CT molecular complexity index is 357. The second kappa shape index (κ2) is 7.31. The molecular formula is C15H26N2O3S. The molecule has 0 radical (unpaired) electrons. The summed E-state index contributed by atoms with van der Waals surface area (Å²) in [4.78, 5) is 15.1. The molecule has 1 N–H and O–H groups in total. The lowest BCUT2D eigenvalue weighted by atomic mass is 10.00. The van der Waals surface area contributed by atoms with E-state index in [4.69, 9.17) is 9.47 Å². The first kappa shape index (κ1) is 15.6. The molecule has 0 aliphatic carbocycles. The normalized spacial score (nSPS) is 36.2. The van der Waals surface area contributed by atoms with Crippen LogP contribution in [0.1, 0.15) is 19.3 Å².